The molecule has 4 nitrogen and oxygen atoms in total. The molecule has 0 fully saturated rings. The number of para-hydroxylation sites is 3. The van der Waals surface area contributed by atoms with E-state index in [2.05, 4.69) is 4.99 Å². The Hall–Kier alpha value is -2.49. The standard InChI is InChI=1S/C16H17NO3/c1-3-20-15-10-6-7-12(16(15)18)11-17-13-8-4-5-9-14(13)19-2/h4-11,18H,3H2,1-2H3. The molecule has 0 unspecified atom stereocenters. The molecule has 0 aromatic heterocycles. The number of nitrogens with zero attached hydrogens (tertiary/aromatic N) is 1. The molecular formula is C16H17NO3. The highest BCUT2D eigenvalue weighted by Gasteiger charge is 2.06. The smallest absolute Gasteiger partial charge is 0.166 e. The summed E-state index contributed by atoms with van der Waals surface area (Å²) in [5.74, 6) is 1.23. The fourth-order valence-electron chi connectivity index (χ4n) is 1.79. The molecule has 104 valence electrons. The molecule has 1 N–H and O–H groups in total. The molecule has 0 aliphatic heterocycles. The van der Waals surface area contributed by atoms with Crippen LogP contribution in [-0.4, -0.2) is 25.0 Å². The zero-order chi connectivity index (χ0) is 14.4. The minimum Gasteiger partial charge on any atom is -0.504 e. The van der Waals surface area contributed by atoms with Gasteiger partial charge in [-0.3, -0.25) is 4.99 Å². The molecule has 0 aliphatic carbocycles. The molecule has 2 rings (SSSR count). The van der Waals surface area contributed by atoms with Crippen LogP contribution in [0.1, 0.15) is 12.5 Å². The van der Waals surface area contributed by atoms with Gasteiger partial charge in [0, 0.05) is 11.8 Å². The van der Waals surface area contributed by atoms with E-state index in [4.69, 9.17) is 9.47 Å². The van der Waals surface area contributed by atoms with Crippen LogP contribution in [0.5, 0.6) is 17.2 Å². The summed E-state index contributed by atoms with van der Waals surface area (Å²) in [5, 5.41) is 10.1. The van der Waals surface area contributed by atoms with Crippen molar-refractivity contribution in [2.24, 2.45) is 4.99 Å². The molecule has 0 atom stereocenters. The monoisotopic (exact) mass is 271 g/mol. The average molecular weight is 271 g/mol. The average Bonchev–Trinajstić information content (AvgIpc) is 2.48. The highest BCUT2D eigenvalue weighted by Crippen LogP contribution is 2.30. The second-order valence-corrected chi connectivity index (χ2v) is 4.06. The van der Waals surface area contributed by atoms with E-state index < -0.39 is 0 Å². The summed E-state index contributed by atoms with van der Waals surface area (Å²) in [6, 6.07) is 12.8. The van der Waals surface area contributed by atoms with Crippen LogP contribution in [0, 0.1) is 0 Å². The molecule has 0 amide bonds. The Morgan fingerprint density at radius 1 is 1.10 bits per heavy atom. The minimum absolute atomic E-state index is 0.0907. The third kappa shape index (κ3) is 3.09. The molecule has 0 aliphatic rings. The minimum atomic E-state index is 0.0907. The highest BCUT2D eigenvalue weighted by molar-refractivity contribution is 5.87. The summed E-state index contributed by atoms with van der Waals surface area (Å²) in [6.07, 6.45) is 1.59. The van der Waals surface area contributed by atoms with Gasteiger partial charge in [-0.15, -0.1) is 0 Å². The molecule has 2 aromatic rings. The molecule has 20 heavy (non-hydrogen) atoms. The third-order valence-corrected chi connectivity index (χ3v) is 2.76. The van der Waals surface area contributed by atoms with Crippen LogP contribution in [0.3, 0.4) is 0 Å². The van der Waals surface area contributed by atoms with Crippen molar-refractivity contribution in [1.82, 2.24) is 0 Å². The van der Waals surface area contributed by atoms with Gasteiger partial charge in [0.1, 0.15) is 11.4 Å². The largest absolute Gasteiger partial charge is 0.504 e. The van der Waals surface area contributed by atoms with E-state index in [1.165, 1.54) is 0 Å². The number of rotatable bonds is 5. The Morgan fingerprint density at radius 2 is 1.85 bits per heavy atom. The Balaban J connectivity index is 2.29. The van der Waals surface area contributed by atoms with E-state index in [1.807, 2.05) is 37.3 Å². The van der Waals surface area contributed by atoms with Gasteiger partial charge in [-0.25, -0.2) is 0 Å². The summed E-state index contributed by atoms with van der Waals surface area (Å²) >= 11 is 0. The number of phenols is 1. The van der Waals surface area contributed by atoms with Crippen LogP contribution in [0.15, 0.2) is 47.5 Å². The zero-order valence-electron chi connectivity index (χ0n) is 11.5. The summed E-state index contributed by atoms with van der Waals surface area (Å²) in [5.41, 5.74) is 1.30. The van der Waals surface area contributed by atoms with Crippen molar-refractivity contribution >= 4 is 11.9 Å². The lowest BCUT2D eigenvalue weighted by Gasteiger charge is -2.07. The van der Waals surface area contributed by atoms with Crippen LogP contribution in [-0.2, 0) is 0 Å². The van der Waals surface area contributed by atoms with E-state index in [0.29, 0.717) is 29.4 Å². The summed E-state index contributed by atoms with van der Waals surface area (Å²) in [4.78, 5) is 4.34. The summed E-state index contributed by atoms with van der Waals surface area (Å²) in [6.45, 7) is 2.37. The first-order valence-electron chi connectivity index (χ1n) is 6.38. The topological polar surface area (TPSA) is 51.0 Å². The predicted octanol–water partition coefficient (Wildman–Crippen LogP) is 3.55. The number of aromatic hydroxyl groups is 1. The number of hydrogen-bond acceptors (Lipinski definition) is 4. The molecule has 0 saturated heterocycles. The second-order valence-electron chi connectivity index (χ2n) is 4.06. The van der Waals surface area contributed by atoms with Crippen LogP contribution < -0.4 is 9.47 Å². The fourth-order valence-corrected chi connectivity index (χ4v) is 1.79. The van der Waals surface area contributed by atoms with Gasteiger partial charge < -0.3 is 14.6 Å². The molecule has 2 aromatic carbocycles. The van der Waals surface area contributed by atoms with E-state index in [0.717, 1.165) is 0 Å². The number of methoxy groups -OCH3 is 1. The maximum Gasteiger partial charge on any atom is 0.166 e. The first-order valence-corrected chi connectivity index (χ1v) is 6.38. The van der Waals surface area contributed by atoms with E-state index in [1.54, 1.807) is 25.5 Å². The number of phenolic OH excluding ortho intramolecular Hbond substituents is 1. The number of hydrogen-bond donors (Lipinski definition) is 1. The fraction of sp³-hybridized carbons (Fsp3) is 0.188. The summed E-state index contributed by atoms with van der Waals surface area (Å²) in [7, 11) is 1.60. The Morgan fingerprint density at radius 3 is 2.60 bits per heavy atom. The van der Waals surface area contributed by atoms with Gasteiger partial charge in [0.2, 0.25) is 0 Å². The van der Waals surface area contributed by atoms with Gasteiger partial charge in [0.15, 0.2) is 11.5 Å². The van der Waals surface area contributed by atoms with Gasteiger partial charge in [-0.1, -0.05) is 18.2 Å². The van der Waals surface area contributed by atoms with Crippen LogP contribution in [0.25, 0.3) is 0 Å². The maximum absolute atomic E-state index is 10.1. The van der Waals surface area contributed by atoms with E-state index in [-0.39, 0.29) is 5.75 Å². The molecule has 0 heterocycles. The van der Waals surface area contributed by atoms with Gasteiger partial charge in [-0.2, -0.15) is 0 Å². The van der Waals surface area contributed by atoms with Crippen LogP contribution in [0.4, 0.5) is 5.69 Å². The first-order chi connectivity index (χ1) is 9.76. The van der Waals surface area contributed by atoms with Crippen molar-refractivity contribution in [3.05, 3.63) is 48.0 Å². The quantitative estimate of drug-likeness (QED) is 0.846. The predicted molar refractivity (Wildman–Crippen MR) is 79.5 cm³/mol. The van der Waals surface area contributed by atoms with Gasteiger partial charge in [0.25, 0.3) is 0 Å². The highest BCUT2D eigenvalue weighted by atomic mass is 16.5. The lowest BCUT2D eigenvalue weighted by molar-refractivity contribution is 0.318. The third-order valence-electron chi connectivity index (χ3n) is 2.76. The van der Waals surface area contributed by atoms with Crippen molar-refractivity contribution in [3.8, 4) is 17.2 Å². The normalized spacial score (nSPS) is 10.7. The Kier molecular flexibility index (Phi) is 4.60. The molecule has 0 spiro atoms. The van der Waals surface area contributed by atoms with Crippen molar-refractivity contribution in [2.45, 2.75) is 6.92 Å². The summed E-state index contributed by atoms with van der Waals surface area (Å²) < 4.78 is 10.6. The molecule has 0 bridgehead atoms. The molecule has 0 radical (unpaired) electrons. The Labute approximate surface area is 118 Å². The maximum atomic E-state index is 10.1. The molecule has 4 heteroatoms. The zero-order valence-corrected chi connectivity index (χ0v) is 11.5. The van der Waals surface area contributed by atoms with Crippen molar-refractivity contribution in [2.75, 3.05) is 13.7 Å². The first kappa shape index (κ1) is 13.9. The molecular weight excluding hydrogens is 254 g/mol. The van der Waals surface area contributed by atoms with Crippen molar-refractivity contribution in [3.63, 3.8) is 0 Å². The Bertz CT molecular complexity index is 608. The van der Waals surface area contributed by atoms with Gasteiger partial charge in [-0.05, 0) is 31.2 Å². The second kappa shape index (κ2) is 6.61. The van der Waals surface area contributed by atoms with Crippen molar-refractivity contribution < 1.29 is 14.6 Å². The lowest BCUT2D eigenvalue weighted by atomic mass is 10.2. The number of ether oxygens (including phenoxy) is 2. The lowest BCUT2D eigenvalue weighted by Crippen LogP contribution is -1.93. The SMILES string of the molecule is CCOc1cccc(C=Nc2ccccc2OC)c1O. The van der Waals surface area contributed by atoms with Crippen molar-refractivity contribution in [1.29, 1.82) is 0 Å². The molecule has 0 saturated carbocycles. The van der Waals surface area contributed by atoms with Crippen LogP contribution >= 0.6 is 0 Å². The van der Waals surface area contributed by atoms with E-state index in [9.17, 15) is 5.11 Å². The van der Waals surface area contributed by atoms with Gasteiger partial charge >= 0.3 is 0 Å². The number of benzene rings is 2. The van der Waals surface area contributed by atoms with Gasteiger partial charge in [0.05, 0.1) is 13.7 Å². The van der Waals surface area contributed by atoms with E-state index >= 15 is 0 Å². The van der Waals surface area contributed by atoms with Crippen LogP contribution in [0.2, 0.25) is 0 Å². The number of aliphatic imine (C=N–C) groups is 1.